The van der Waals surface area contributed by atoms with Gasteiger partial charge >= 0.3 is 0 Å². The minimum absolute atomic E-state index is 0.0962. The zero-order valence-corrected chi connectivity index (χ0v) is 5.70. The quantitative estimate of drug-likeness (QED) is 0.384. The molecule has 0 atom stereocenters. The summed E-state index contributed by atoms with van der Waals surface area (Å²) in [5.74, 6) is 0.0962. The van der Waals surface area contributed by atoms with Crippen molar-refractivity contribution >= 4 is 16.6 Å². The van der Waals surface area contributed by atoms with Gasteiger partial charge in [-0.15, -0.1) is 0 Å². The Morgan fingerprint density at radius 2 is 2.27 bits per heavy atom. The average molecular weight is 149 g/mol. The van der Waals surface area contributed by atoms with Crippen LogP contribution in [0.4, 0.5) is 5.69 Å². The minimum Gasteiger partial charge on any atom is -0.506 e. The van der Waals surface area contributed by atoms with Crippen LogP contribution >= 0.6 is 0 Å². The molecule has 1 aromatic carbocycles. The molecule has 0 unspecified atom stereocenters. The van der Waals surface area contributed by atoms with Gasteiger partial charge < -0.3 is 10.8 Å². The van der Waals surface area contributed by atoms with E-state index < -0.39 is 0 Å². The van der Waals surface area contributed by atoms with E-state index in [1.807, 2.05) is 0 Å². The van der Waals surface area contributed by atoms with E-state index in [2.05, 4.69) is 10.2 Å². The summed E-state index contributed by atoms with van der Waals surface area (Å²) in [7, 11) is 0. The number of aromatic hydroxyl groups is 1. The highest BCUT2D eigenvalue weighted by atomic mass is 16.3. The van der Waals surface area contributed by atoms with Crippen molar-refractivity contribution in [2.24, 2.45) is 0 Å². The summed E-state index contributed by atoms with van der Waals surface area (Å²) in [6.07, 6.45) is 1.59. The van der Waals surface area contributed by atoms with Crippen molar-refractivity contribution in [3.8, 4) is 5.75 Å². The van der Waals surface area contributed by atoms with E-state index in [1.165, 1.54) is 6.07 Å². The first kappa shape index (κ1) is 6.03. The summed E-state index contributed by atoms with van der Waals surface area (Å²) in [5, 5.41) is 16.5. The highest BCUT2D eigenvalue weighted by Crippen LogP contribution is 2.27. The molecule has 0 spiro atoms. The minimum atomic E-state index is 0.0962. The molecule has 0 radical (unpaired) electrons. The summed E-state index contributed by atoms with van der Waals surface area (Å²) in [5.41, 5.74) is 6.76. The highest BCUT2D eigenvalue weighted by Gasteiger charge is 2.02. The van der Waals surface area contributed by atoms with Gasteiger partial charge in [0.25, 0.3) is 0 Å². The van der Waals surface area contributed by atoms with Crippen LogP contribution in [0.1, 0.15) is 0 Å². The Morgan fingerprint density at radius 1 is 1.45 bits per heavy atom. The van der Waals surface area contributed by atoms with Crippen molar-refractivity contribution in [3.05, 3.63) is 18.3 Å². The van der Waals surface area contributed by atoms with Gasteiger partial charge in [-0.25, -0.2) is 0 Å². The Labute approximate surface area is 62.6 Å². The number of anilines is 1. The van der Waals surface area contributed by atoms with Gasteiger partial charge in [-0.1, -0.05) is 0 Å². The maximum Gasteiger partial charge on any atom is 0.139 e. The number of fused-ring (bicyclic) bond motifs is 1. The third-order valence-corrected chi connectivity index (χ3v) is 1.64. The molecule has 56 valence electrons. The maximum absolute atomic E-state index is 9.17. The predicted octanol–water partition coefficient (Wildman–Crippen LogP) is 0.851. The molecular weight excluding hydrogens is 142 g/mol. The molecule has 4 N–H and O–H groups in total. The number of aromatic nitrogens is 2. The molecule has 2 rings (SSSR count). The third kappa shape index (κ3) is 0.724. The number of phenols is 1. The fourth-order valence-electron chi connectivity index (χ4n) is 1.03. The second-order valence-corrected chi connectivity index (χ2v) is 2.33. The highest BCUT2D eigenvalue weighted by molar-refractivity contribution is 5.92. The normalized spacial score (nSPS) is 10.5. The first-order valence-electron chi connectivity index (χ1n) is 3.19. The van der Waals surface area contributed by atoms with Crippen molar-refractivity contribution < 1.29 is 5.11 Å². The summed E-state index contributed by atoms with van der Waals surface area (Å²) < 4.78 is 0. The summed E-state index contributed by atoms with van der Waals surface area (Å²) in [6.45, 7) is 0. The van der Waals surface area contributed by atoms with E-state index in [1.54, 1.807) is 12.3 Å². The van der Waals surface area contributed by atoms with Gasteiger partial charge in [0.2, 0.25) is 0 Å². The summed E-state index contributed by atoms with van der Waals surface area (Å²) >= 11 is 0. The van der Waals surface area contributed by atoms with Gasteiger partial charge in [-0.05, 0) is 12.1 Å². The molecule has 0 saturated heterocycles. The number of phenolic OH excluding ortho intramolecular Hbond substituents is 1. The van der Waals surface area contributed by atoms with Gasteiger partial charge in [0.05, 0.1) is 17.4 Å². The van der Waals surface area contributed by atoms with Crippen LogP contribution in [0.5, 0.6) is 5.75 Å². The van der Waals surface area contributed by atoms with Gasteiger partial charge in [0.15, 0.2) is 0 Å². The largest absolute Gasteiger partial charge is 0.506 e. The molecule has 0 aliphatic rings. The number of nitrogen functional groups attached to an aromatic ring is 1. The summed E-state index contributed by atoms with van der Waals surface area (Å²) in [4.78, 5) is 0. The lowest BCUT2D eigenvalue weighted by molar-refractivity contribution is 0.478. The molecule has 0 bridgehead atoms. The van der Waals surface area contributed by atoms with Crippen LogP contribution in [0.3, 0.4) is 0 Å². The molecule has 4 heteroatoms. The fraction of sp³-hybridized carbons (Fsp3) is 0. The number of aromatic amines is 1. The molecule has 11 heavy (non-hydrogen) atoms. The number of H-pyrrole nitrogens is 1. The standard InChI is InChI=1S/C7H7N3O/c8-7-4-3-9-10-5(4)1-2-6(7)11/h1-3,11H,8H2,(H,9,10). The van der Waals surface area contributed by atoms with Crippen LogP contribution in [-0.2, 0) is 0 Å². The topological polar surface area (TPSA) is 74.9 Å². The number of hydrogen-bond donors (Lipinski definition) is 3. The monoisotopic (exact) mass is 149 g/mol. The molecule has 1 aromatic heterocycles. The lowest BCUT2D eigenvalue weighted by atomic mass is 10.2. The maximum atomic E-state index is 9.17. The number of benzene rings is 1. The molecular formula is C7H7N3O. The lowest BCUT2D eigenvalue weighted by Gasteiger charge is -1.97. The van der Waals surface area contributed by atoms with Crippen molar-refractivity contribution in [3.63, 3.8) is 0 Å². The van der Waals surface area contributed by atoms with Gasteiger partial charge in [-0.3, -0.25) is 5.10 Å². The molecule has 4 nitrogen and oxygen atoms in total. The van der Waals surface area contributed by atoms with Crippen molar-refractivity contribution in [2.45, 2.75) is 0 Å². The van der Waals surface area contributed by atoms with Crippen LogP contribution in [0.2, 0.25) is 0 Å². The SMILES string of the molecule is Nc1c(O)ccc2[nH]ncc12. The van der Waals surface area contributed by atoms with Gasteiger partial charge in [0, 0.05) is 5.39 Å². The number of nitrogens with zero attached hydrogens (tertiary/aromatic N) is 1. The van der Waals surface area contributed by atoms with Crippen LogP contribution in [0, 0.1) is 0 Å². The Kier molecular flexibility index (Phi) is 1.03. The smallest absolute Gasteiger partial charge is 0.139 e. The predicted molar refractivity (Wildman–Crippen MR) is 42.2 cm³/mol. The molecule has 0 aliphatic carbocycles. The van der Waals surface area contributed by atoms with E-state index in [-0.39, 0.29) is 5.75 Å². The second-order valence-electron chi connectivity index (χ2n) is 2.33. The zero-order chi connectivity index (χ0) is 7.84. The first-order chi connectivity index (χ1) is 5.29. The molecule has 0 aliphatic heterocycles. The number of rotatable bonds is 0. The first-order valence-corrected chi connectivity index (χ1v) is 3.19. The van der Waals surface area contributed by atoms with E-state index in [4.69, 9.17) is 10.8 Å². The molecule has 1 heterocycles. The lowest BCUT2D eigenvalue weighted by Crippen LogP contribution is -1.85. The molecule has 0 saturated carbocycles. The van der Waals surface area contributed by atoms with Crippen molar-refractivity contribution in [1.82, 2.24) is 10.2 Å². The number of nitrogens with one attached hydrogen (secondary N) is 1. The number of nitrogens with two attached hydrogens (primary N) is 1. The summed E-state index contributed by atoms with van der Waals surface area (Å²) in [6, 6.07) is 3.27. The van der Waals surface area contributed by atoms with Crippen LogP contribution in [0.25, 0.3) is 10.9 Å². The van der Waals surface area contributed by atoms with E-state index in [9.17, 15) is 0 Å². The van der Waals surface area contributed by atoms with E-state index >= 15 is 0 Å². The molecule has 2 aromatic rings. The molecule has 0 fully saturated rings. The second kappa shape index (κ2) is 1.88. The Balaban J connectivity index is 2.93. The zero-order valence-electron chi connectivity index (χ0n) is 5.70. The van der Waals surface area contributed by atoms with Crippen LogP contribution in [-0.4, -0.2) is 15.3 Å². The average Bonchev–Trinajstić information content (AvgIpc) is 2.45. The van der Waals surface area contributed by atoms with Crippen LogP contribution in [0.15, 0.2) is 18.3 Å². The number of hydrogen-bond acceptors (Lipinski definition) is 3. The van der Waals surface area contributed by atoms with Crippen LogP contribution < -0.4 is 5.73 Å². The fourth-order valence-corrected chi connectivity index (χ4v) is 1.03. The Bertz CT molecular complexity index is 393. The van der Waals surface area contributed by atoms with E-state index in [0.717, 1.165) is 10.9 Å². The Hall–Kier alpha value is -1.71. The van der Waals surface area contributed by atoms with E-state index in [0.29, 0.717) is 5.69 Å². The van der Waals surface area contributed by atoms with Gasteiger partial charge in [0.1, 0.15) is 5.75 Å². The molecule has 0 amide bonds. The third-order valence-electron chi connectivity index (χ3n) is 1.64. The Morgan fingerprint density at radius 3 is 3.09 bits per heavy atom. The van der Waals surface area contributed by atoms with Crippen molar-refractivity contribution in [2.75, 3.05) is 5.73 Å². The van der Waals surface area contributed by atoms with Gasteiger partial charge in [-0.2, -0.15) is 5.10 Å². The van der Waals surface area contributed by atoms with Crippen molar-refractivity contribution in [1.29, 1.82) is 0 Å².